The minimum absolute atomic E-state index is 0.0815. The molecular formula is C21H40O4. The largest absolute Gasteiger partial charge is 0.469 e. The smallest absolute Gasteiger partial charge is 0.305 e. The van der Waals surface area contributed by atoms with Gasteiger partial charge in [-0.25, -0.2) is 0 Å². The molecule has 0 saturated carbocycles. The fraction of sp³-hybridized carbons (Fsp3) is 0.905. The molecule has 0 rings (SSSR count). The summed E-state index contributed by atoms with van der Waals surface area (Å²) in [6.07, 6.45) is 19.5. The molecule has 0 aliphatic rings. The first-order valence-electron chi connectivity index (χ1n) is 10.4. The lowest BCUT2D eigenvalue weighted by molar-refractivity contribution is -0.141. The summed E-state index contributed by atoms with van der Waals surface area (Å²) in [5, 5.41) is 0. The van der Waals surface area contributed by atoms with Crippen LogP contribution in [0, 0.1) is 0 Å². The molecule has 4 heteroatoms. The van der Waals surface area contributed by atoms with Crippen molar-refractivity contribution in [3.63, 3.8) is 0 Å². The molecule has 0 atom stereocenters. The summed E-state index contributed by atoms with van der Waals surface area (Å²) in [6.45, 7) is 2.05. The van der Waals surface area contributed by atoms with E-state index in [1.165, 1.54) is 91.1 Å². The molecule has 0 aliphatic carbocycles. The summed E-state index contributed by atoms with van der Waals surface area (Å²) in [5.74, 6) is -0.249. The number of unbranched alkanes of at least 4 members (excludes halogenated alkanes) is 14. The summed E-state index contributed by atoms with van der Waals surface area (Å²) in [5.41, 5.74) is 0. The first-order chi connectivity index (χ1) is 12.2. The number of methoxy groups -OCH3 is 1. The average Bonchev–Trinajstić information content (AvgIpc) is 2.60. The summed E-state index contributed by atoms with van der Waals surface area (Å²) < 4.78 is 9.55. The van der Waals surface area contributed by atoms with Gasteiger partial charge >= 0.3 is 11.9 Å². The van der Waals surface area contributed by atoms with Gasteiger partial charge in [-0.2, -0.15) is 0 Å². The van der Waals surface area contributed by atoms with E-state index in [0.29, 0.717) is 13.0 Å². The van der Waals surface area contributed by atoms with Gasteiger partial charge in [0.15, 0.2) is 0 Å². The van der Waals surface area contributed by atoms with Gasteiger partial charge < -0.3 is 9.47 Å². The van der Waals surface area contributed by atoms with Crippen molar-refractivity contribution in [1.82, 2.24) is 0 Å². The Morgan fingerprint density at radius 2 is 0.960 bits per heavy atom. The third kappa shape index (κ3) is 20.9. The van der Waals surface area contributed by atoms with Crippen LogP contribution < -0.4 is 0 Å². The molecule has 4 nitrogen and oxygen atoms in total. The van der Waals surface area contributed by atoms with Gasteiger partial charge in [0.25, 0.3) is 0 Å². The molecule has 0 aromatic rings. The van der Waals surface area contributed by atoms with Gasteiger partial charge in [0, 0.05) is 13.3 Å². The van der Waals surface area contributed by atoms with Crippen LogP contribution in [0.15, 0.2) is 0 Å². The maximum atomic E-state index is 11.0. The SMILES string of the molecule is COC(=O)CCCCCCCCCCCCCCCCCOC(C)=O. The second-order valence-electron chi connectivity index (χ2n) is 6.97. The molecule has 0 aromatic heterocycles. The summed E-state index contributed by atoms with van der Waals surface area (Å²) in [4.78, 5) is 21.6. The van der Waals surface area contributed by atoms with Crippen LogP contribution >= 0.6 is 0 Å². The van der Waals surface area contributed by atoms with E-state index in [0.717, 1.165) is 19.3 Å². The Morgan fingerprint density at radius 1 is 0.600 bits per heavy atom. The van der Waals surface area contributed by atoms with E-state index in [9.17, 15) is 9.59 Å². The zero-order valence-corrected chi connectivity index (χ0v) is 16.7. The third-order valence-corrected chi connectivity index (χ3v) is 4.56. The number of rotatable bonds is 18. The van der Waals surface area contributed by atoms with E-state index in [1.807, 2.05) is 0 Å². The van der Waals surface area contributed by atoms with Crippen LogP contribution in [0.4, 0.5) is 0 Å². The van der Waals surface area contributed by atoms with Gasteiger partial charge in [0.1, 0.15) is 0 Å². The number of esters is 2. The van der Waals surface area contributed by atoms with Crippen molar-refractivity contribution in [2.75, 3.05) is 13.7 Å². The van der Waals surface area contributed by atoms with Gasteiger partial charge in [-0.15, -0.1) is 0 Å². The first-order valence-corrected chi connectivity index (χ1v) is 10.4. The maximum absolute atomic E-state index is 11.0. The predicted octanol–water partition coefficient (Wildman–Crippen LogP) is 5.96. The minimum atomic E-state index is -0.168. The van der Waals surface area contributed by atoms with E-state index in [-0.39, 0.29) is 11.9 Å². The maximum Gasteiger partial charge on any atom is 0.305 e. The van der Waals surface area contributed by atoms with Gasteiger partial charge in [-0.3, -0.25) is 9.59 Å². The van der Waals surface area contributed by atoms with Crippen molar-refractivity contribution in [3.8, 4) is 0 Å². The van der Waals surface area contributed by atoms with Crippen molar-refractivity contribution in [2.24, 2.45) is 0 Å². The molecule has 0 aromatic carbocycles. The van der Waals surface area contributed by atoms with Crippen LogP contribution in [0.5, 0.6) is 0 Å². The minimum Gasteiger partial charge on any atom is -0.469 e. The zero-order valence-electron chi connectivity index (χ0n) is 16.7. The highest BCUT2D eigenvalue weighted by Crippen LogP contribution is 2.13. The Kier molecular flexibility index (Phi) is 18.5. The summed E-state index contributed by atoms with van der Waals surface area (Å²) >= 11 is 0. The molecule has 0 N–H and O–H groups in total. The van der Waals surface area contributed by atoms with Crippen LogP contribution in [-0.4, -0.2) is 25.7 Å². The number of carbonyl (C=O) groups excluding carboxylic acids is 2. The van der Waals surface area contributed by atoms with Gasteiger partial charge in [0.05, 0.1) is 13.7 Å². The lowest BCUT2D eigenvalue weighted by Crippen LogP contribution is -2.00. The number of ether oxygens (including phenoxy) is 2. The van der Waals surface area contributed by atoms with E-state index in [4.69, 9.17) is 4.74 Å². The number of hydrogen-bond acceptors (Lipinski definition) is 4. The lowest BCUT2D eigenvalue weighted by atomic mass is 10.0. The third-order valence-electron chi connectivity index (χ3n) is 4.56. The molecule has 0 bridgehead atoms. The second kappa shape index (κ2) is 19.3. The Hall–Kier alpha value is -1.06. The van der Waals surface area contributed by atoms with Crippen LogP contribution in [0.1, 0.15) is 110 Å². The summed E-state index contributed by atoms with van der Waals surface area (Å²) in [6, 6.07) is 0. The van der Waals surface area contributed by atoms with Crippen molar-refractivity contribution < 1.29 is 19.1 Å². The molecule has 0 radical (unpaired) electrons. The molecule has 0 spiro atoms. The monoisotopic (exact) mass is 356 g/mol. The molecule has 25 heavy (non-hydrogen) atoms. The van der Waals surface area contributed by atoms with Crippen molar-refractivity contribution >= 4 is 11.9 Å². The Labute approximate surface area is 155 Å². The Balaban J connectivity index is 3.03. The lowest BCUT2D eigenvalue weighted by Gasteiger charge is -2.04. The van der Waals surface area contributed by atoms with Gasteiger partial charge in [-0.05, 0) is 12.8 Å². The standard InChI is InChI=1S/C21H40O4/c1-20(22)25-19-17-15-13-11-9-7-5-3-4-6-8-10-12-14-16-18-21(23)24-2/h3-19H2,1-2H3. The molecule has 0 saturated heterocycles. The van der Waals surface area contributed by atoms with Gasteiger partial charge in [0.2, 0.25) is 0 Å². The van der Waals surface area contributed by atoms with Gasteiger partial charge in [-0.1, -0.05) is 83.5 Å². The molecule has 0 heterocycles. The van der Waals surface area contributed by atoms with Crippen molar-refractivity contribution in [1.29, 1.82) is 0 Å². The van der Waals surface area contributed by atoms with E-state index >= 15 is 0 Å². The molecule has 0 unspecified atom stereocenters. The molecule has 0 aliphatic heterocycles. The fourth-order valence-electron chi connectivity index (χ4n) is 2.99. The molecule has 0 amide bonds. The number of carbonyl (C=O) groups is 2. The average molecular weight is 357 g/mol. The fourth-order valence-corrected chi connectivity index (χ4v) is 2.99. The van der Waals surface area contributed by atoms with Crippen LogP contribution in [0.2, 0.25) is 0 Å². The topological polar surface area (TPSA) is 52.6 Å². The van der Waals surface area contributed by atoms with E-state index in [1.54, 1.807) is 0 Å². The highest BCUT2D eigenvalue weighted by Gasteiger charge is 1.99. The molecule has 0 fully saturated rings. The second-order valence-corrected chi connectivity index (χ2v) is 6.97. The Bertz CT molecular complexity index is 315. The first kappa shape index (κ1) is 23.9. The van der Waals surface area contributed by atoms with E-state index in [2.05, 4.69) is 4.74 Å². The van der Waals surface area contributed by atoms with Crippen LogP contribution in [-0.2, 0) is 19.1 Å². The summed E-state index contributed by atoms with van der Waals surface area (Å²) in [7, 11) is 1.45. The highest BCUT2D eigenvalue weighted by molar-refractivity contribution is 5.68. The Morgan fingerprint density at radius 3 is 1.32 bits per heavy atom. The molecular weight excluding hydrogens is 316 g/mol. The predicted molar refractivity (Wildman–Crippen MR) is 103 cm³/mol. The number of hydrogen-bond donors (Lipinski definition) is 0. The molecule has 148 valence electrons. The normalized spacial score (nSPS) is 10.6. The van der Waals surface area contributed by atoms with E-state index < -0.39 is 0 Å². The van der Waals surface area contributed by atoms with Crippen LogP contribution in [0.3, 0.4) is 0 Å². The van der Waals surface area contributed by atoms with Crippen molar-refractivity contribution in [2.45, 2.75) is 110 Å². The van der Waals surface area contributed by atoms with Crippen LogP contribution in [0.25, 0.3) is 0 Å². The van der Waals surface area contributed by atoms with Crippen molar-refractivity contribution in [3.05, 3.63) is 0 Å². The quantitative estimate of drug-likeness (QED) is 0.224. The highest BCUT2D eigenvalue weighted by atomic mass is 16.5. The zero-order chi connectivity index (χ0) is 18.6.